The van der Waals surface area contributed by atoms with Gasteiger partial charge in [-0.15, -0.1) is 0 Å². The van der Waals surface area contributed by atoms with Crippen LogP contribution in [0.4, 0.5) is 11.5 Å². The molecule has 19 heavy (non-hydrogen) atoms. The van der Waals surface area contributed by atoms with E-state index < -0.39 is 0 Å². The van der Waals surface area contributed by atoms with Crippen LogP contribution in [0.3, 0.4) is 0 Å². The normalized spacial score (nSPS) is 23.1. The van der Waals surface area contributed by atoms with Crippen molar-refractivity contribution in [3.8, 4) is 0 Å². The standard InChI is InChI=1S/C12H18N4O2S/c1-8-3-2-4-9(7-8)19-12-10(16(17)18)5-6-11(14-12)15-13/h5-6,8-9H,2-4,7,13H2,1H3,(H,14,15). The number of nitrogens with two attached hydrogens (primary N) is 1. The van der Waals surface area contributed by atoms with Crippen LogP contribution in [0.1, 0.15) is 32.6 Å². The molecule has 0 saturated heterocycles. The van der Waals surface area contributed by atoms with Gasteiger partial charge in [0.25, 0.3) is 0 Å². The van der Waals surface area contributed by atoms with Gasteiger partial charge < -0.3 is 5.43 Å². The Morgan fingerprint density at radius 2 is 2.32 bits per heavy atom. The second-order valence-electron chi connectivity index (χ2n) is 4.93. The maximum atomic E-state index is 11.0. The number of aromatic nitrogens is 1. The van der Waals surface area contributed by atoms with Crippen molar-refractivity contribution in [1.82, 2.24) is 4.98 Å². The first kappa shape index (κ1) is 14.1. The van der Waals surface area contributed by atoms with Gasteiger partial charge in [-0.2, -0.15) is 0 Å². The first-order valence-corrected chi connectivity index (χ1v) is 7.27. The highest BCUT2D eigenvalue weighted by molar-refractivity contribution is 8.00. The Kier molecular flexibility index (Phi) is 4.60. The fourth-order valence-electron chi connectivity index (χ4n) is 2.38. The minimum atomic E-state index is -0.387. The molecule has 7 heteroatoms. The third kappa shape index (κ3) is 3.57. The van der Waals surface area contributed by atoms with E-state index in [1.807, 2.05) is 0 Å². The minimum absolute atomic E-state index is 0.0576. The molecule has 1 aliphatic rings. The Labute approximate surface area is 116 Å². The monoisotopic (exact) mass is 282 g/mol. The lowest BCUT2D eigenvalue weighted by molar-refractivity contribution is -0.388. The third-order valence-electron chi connectivity index (χ3n) is 3.35. The minimum Gasteiger partial charge on any atom is -0.308 e. The summed E-state index contributed by atoms with van der Waals surface area (Å²) < 4.78 is 0. The molecule has 6 nitrogen and oxygen atoms in total. The zero-order valence-electron chi connectivity index (χ0n) is 10.8. The summed E-state index contributed by atoms with van der Waals surface area (Å²) in [4.78, 5) is 14.9. The van der Waals surface area contributed by atoms with Gasteiger partial charge >= 0.3 is 5.69 Å². The topological polar surface area (TPSA) is 94.1 Å². The van der Waals surface area contributed by atoms with Crippen LogP contribution in [0.5, 0.6) is 0 Å². The molecule has 2 rings (SSSR count). The predicted octanol–water partition coefficient (Wildman–Crippen LogP) is 2.95. The van der Waals surface area contributed by atoms with Crippen molar-refractivity contribution in [3.63, 3.8) is 0 Å². The van der Waals surface area contributed by atoms with Crippen LogP contribution < -0.4 is 11.3 Å². The Morgan fingerprint density at radius 1 is 1.53 bits per heavy atom. The number of pyridine rings is 1. The number of nitro groups is 1. The van der Waals surface area contributed by atoms with Gasteiger partial charge in [0.15, 0.2) is 5.03 Å². The van der Waals surface area contributed by atoms with Crippen LogP contribution in [0, 0.1) is 16.0 Å². The number of nitrogens with zero attached hydrogens (tertiary/aromatic N) is 2. The van der Waals surface area contributed by atoms with Gasteiger partial charge in [0.1, 0.15) is 5.82 Å². The molecular formula is C12H18N4O2S. The van der Waals surface area contributed by atoms with Gasteiger partial charge in [0, 0.05) is 11.3 Å². The number of nitrogen functional groups attached to an aromatic ring is 1. The van der Waals surface area contributed by atoms with Crippen molar-refractivity contribution in [3.05, 3.63) is 22.2 Å². The summed E-state index contributed by atoms with van der Waals surface area (Å²) in [6, 6.07) is 2.97. The van der Waals surface area contributed by atoms with Crippen LogP contribution in [-0.4, -0.2) is 15.2 Å². The summed E-state index contributed by atoms with van der Waals surface area (Å²) in [5, 5.41) is 11.9. The van der Waals surface area contributed by atoms with Crippen LogP contribution in [-0.2, 0) is 0 Å². The lowest BCUT2D eigenvalue weighted by Crippen LogP contribution is -2.16. The second-order valence-corrected chi connectivity index (χ2v) is 6.22. The molecule has 3 N–H and O–H groups in total. The predicted molar refractivity (Wildman–Crippen MR) is 76.0 cm³/mol. The third-order valence-corrected chi connectivity index (χ3v) is 4.64. The molecule has 1 heterocycles. The molecule has 1 aliphatic carbocycles. The van der Waals surface area contributed by atoms with Gasteiger partial charge in [-0.1, -0.05) is 31.5 Å². The molecule has 1 saturated carbocycles. The smallest absolute Gasteiger partial charge is 0.301 e. The van der Waals surface area contributed by atoms with E-state index in [0.717, 1.165) is 12.8 Å². The molecule has 0 aliphatic heterocycles. The van der Waals surface area contributed by atoms with Gasteiger partial charge in [-0.3, -0.25) is 10.1 Å². The lowest BCUT2D eigenvalue weighted by Gasteiger charge is -2.25. The van der Waals surface area contributed by atoms with Crippen molar-refractivity contribution in [1.29, 1.82) is 0 Å². The maximum absolute atomic E-state index is 11.0. The molecule has 0 amide bonds. The molecule has 2 unspecified atom stereocenters. The van der Waals surface area contributed by atoms with E-state index in [0.29, 0.717) is 22.0 Å². The Bertz CT molecular complexity index is 469. The van der Waals surface area contributed by atoms with E-state index in [2.05, 4.69) is 17.3 Å². The zero-order chi connectivity index (χ0) is 13.8. The summed E-state index contributed by atoms with van der Waals surface area (Å²) >= 11 is 1.50. The molecule has 1 fully saturated rings. The fraction of sp³-hybridized carbons (Fsp3) is 0.583. The molecule has 0 bridgehead atoms. The summed E-state index contributed by atoms with van der Waals surface area (Å²) in [6.07, 6.45) is 4.61. The van der Waals surface area contributed by atoms with Crippen molar-refractivity contribution < 1.29 is 4.92 Å². The number of hydrogen-bond donors (Lipinski definition) is 2. The van der Waals surface area contributed by atoms with Gasteiger partial charge in [0.2, 0.25) is 0 Å². The maximum Gasteiger partial charge on any atom is 0.301 e. The van der Waals surface area contributed by atoms with E-state index in [1.54, 1.807) is 0 Å². The SMILES string of the molecule is CC1CCCC(Sc2nc(NN)ccc2[N+](=O)[O-])C1. The molecule has 0 spiro atoms. The van der Waals surface area contributed by atoms with Crippen LogP contribution >= 0.6 is 11.8 Å². The van der Waals surface area contributed by atoms with E-state index in [9.17, 15) is 10.1 Å². The highest BCUT2D eigenvalue weighted by Gasteiger charge is 2.24. The summed E-state index contributed by atoms with van der Waals surface area (Å²) in [5.74, 6) is 6.45. The summed E-state index contributed by atoms with van der Waals surface area (Å²) in [5.41, 5.74) is 2.49. The van der Waals surface area contributed by atoms with Crippen molar-refractivity contribution in [2.24, 2.45) is 11.8 Å². The lowest BCUT2D eigenvalue weighted by atomic mass is 9.91. The van der Waals surface area contributed by atoms with Crippen molar-refractivity contribution in [2.45, 2.75) is 42.9 Å². The molecule has 1 aromatic rings. The Hall–Kier alpha value is -1.34. The number of hydrogen-bond acceptors (Lipinski definition) is 6. The van der Waals surface area contributed by atoms with Crippen LogP contribution in [0.25, 0.3) is 0 Å². The number of thioether (sulfide) groups is 1. The summed E-state index contributed by atoms with van der Waals surface area (Å²) in [7, 11) is 0. The molecule has 0 aromatic carbocycles. The first-order chi connectivity index (χ1) is 9.10. The fourth-order valence-corrected chi connectivity index (χ4v) is 3.82. The van der Waals surface area contributed by atoms with E-state index in [-0.39, 0.29) is 10.6 Å². The zero-order valence-corrected chi connectivity index (χ0v) is 11.7. The molecule has 2 atom stereocenters. The average Bonchev–Trinajstić information content (AvgIpc) is 2.38. The highest BCUT2D eigenvalue weighted by Crippen LogP contribution is 2.39. The quantitative estimate of drug-likeness (QED) is 0.501. The van der Waals surface area contributed by atoms with Crippen molar-refractivity contribution >= 4 is 23.3 Å². The van der Waals surface area contributed by atoms with Crippen LogP contribution in [0.2, 0.25) is 0 Å². The first-order valence-electron chi connectivity index (χ1n) is 6.39. The summed E-state index contributed by atoms with van der Waals surface area (Å²) in [6.45, 7) is 2.23. The van der Waals surface area contributed by atoms with Crippen molar-refractivity contribution in [2.75, 3.05) is 5.43 Å². The van der Waals surface area contributed by atoms with E-state index in [1.165, 1.54) is 36.7 Å². The molecular weight excluding hydrogens is 264 g/mol. The largest absolute Gasteiger partial charge is 0.308 e. The Balaban J connectivity index is 2.19. The van der Waals surface area contributed by atoms with E-state index in [4.69, 9.17) is 5.84 Å². The van der Waals surface area contributed by atoms with E-state index >= 15 is 0 Å². The number of hydrazine groups is 1. The van der Waals surface area contributed by atoms with Gasteiger partial charge in [-0.05, 0) is 24.8 Å². The Morgan fingerprint density at radius 3 is 2.95 bits per heavy atom. The molecule has 1 aromatic heterocycles. The number of rotatable bonds is 4. The number of nitrogens with one attached hydrogen (secondary N) is 1. The van der Waals surface area contributed by atoms with Crippen LogP contribution in [0.15, 0.2) is 17.2 Å². The number of anilines is 1. The van der Waals surface area contributed by atoms with Gasteiger partial charge in [0.05, 0.1) is 4.92 Å². The van der Waals surface area contributed by atoms with Gasteiger partial charge in [-0.25, -0.2) is 10.8 Å². The highest BCUT2D eigenvalue weighted by atomic mass is 32.2. The molecule has 104 valence electrons. The molecule has 0 radical (unpaired) electrons. The second kappa shape index (κ2) is 6.21. The average molecular weight is 282 g/mol.